The van der Waals surface area contributed by atoms with E-state index in [1.807, 2.05) is 0 Å². The number of nitriles is 2. The van der Waals surface area contributed by atoms with Crippen molar-refractivity contribution in [3.05, 3.63) is 33.2 Å². The third-order valence-electron chi connectivity index (χ3n) is 8.50. The molecule has 0 unspecified atom stereocenters. The van der Waals surface area contributed by atoms with Crippen LogP contribution >= 0.6 is 0 Å². The second-order valence-electron chi connectivity index (χ2n) is 14.1. The van der Waals surface area contributed by atoms with Crippen molar-refractivity contribution in [2.45, 2.75) is 153 Å². The Balaban J connectivity index is 0.000000293. The van der Waals surface area contributed by atoms with Crippen LogP contribution in [0.1, 0.15) is 107 Å². The smallest absolute Gasteiger partial charge is 0.682 e. The van der Waals surface area contributed by atoms with Gasteiger partial charge in [-0.3, -0.25) is 9.98 Å². The van der Waals surface area contributed by atoms with Gasteiger partial charge in [0.25, 0.3) is 0 Å². The van der Waals surface area contributed by atoms with Crippen molar-refractivity contribution in [1.29, 1.82) is 10.5 Å². The molecule has 0 bridgehead atoms. The molecule has 2 fully saturated rings. The fraction of sp³-hybridized carbons (Fsp3) is 0.750. The van der Waals surface area contributed by atoms with Gasteiger partial charge in [0.15, 0.2) is 0 Å². The van der Waals surface area contributed by atoms with Gasteiger partial charge in [0, 0.05) is 11.2 Å². The Morgan fingerprint density at radius 1 is 0.605 bits per heavy atom. The summed E-state index contributed by atoms with van der Waals surface area (Å²) in [7, 11) is 0. The minimum Gasteiger partial charge on any atom is -0.682 e. The van der Waals surface area contributed by atoms with Gasteiger partial charge in [-0.15, -0.1) is 11.4 Å². The number of allylic oxidation sites excluding steroid dienone is 4. The van der Waals surface area contributed by atoms with Gasteiger partial charge in [0.2, 0.25) is 0 Å². The molecule has 4 atom stereocenters. The molecule has 0 aromatic carbocycles. The van der Waals surface area contributed by atoms with Crippen LogP contribution in [-0.2, 0) is 17.1 Å². The average Bonchev–Trinajstić information content (AvgIpc) is 3.65. The summed E-state index contributed by atoms with van der Waals surface area (Å²) in [4.78, 5) is 9.05. The number of hydrogen-bond donors (Lipinski definition) is 4. The summed E-state index contributed by atoms with van der Waals surface area (Å²) in [5.74, 6) is 0. The van der Waals surface area contributed by atoms with Gasteiger partial charge in [-0.1, -0.05) is 24.9 Å². The summed E-state index contributed by atoms with van der Waals surface area (Å²) in [5.41, 5.74) is 0.608. The van der Waals surface area contributed by atoms with Crippen molar-refractivity contribution in [1.82, 2.24) is 0 Å². The fourth-order valence-electron chi connectivity index (χ4n) is 5.76. The minimum absolute atomic E-state index is 0. The molecule has 10 nitrogen and oxygen atoms in total. The molecule has 4 aliphatic heterocycles. The second-order valence-corrected chi connectivity index (χ2v) is 14.1. The van der Waals surface area contributed by atoms with Gasteiger partial charge in [-0.05, 0) is 93.9 Å². The normalized spacial score (nSPS) is 28.2. The van der Waals surface area contributed by atoms with E-state index in [1.165, 1.54) is 0 Å². The molecule has 0 aliphatic carbocycles. The van der Waals surface area contributed by atoms with Gasteiger partial charge in [0.1, 0.15) is 0 Å². The summed E-state index contributed by atoms with van der Waals surface area (Å²) in [6.45, 7) is 13.9. The van der Waals surface area contributed by atoms with Crippen LogP contribution in [0.5, 0.6) is 0 Å². The number of aliphatic hydroxyl groups is 4. The van der Waals surface area contributed by atoms with Gasteiger partial charge in [-0.2, -0.15) is 10.5 Å². The zero-order valence-corrected chi connectivity index (χ0v) is 27.7. The standard InChI is InChI=1S/2C16H24N3O2.Cu/c2*1-15(2,20)13-7-5-11(18-13)10(9-17)12-6-8-14(19-12)16(3,4)21;/h2*13-14,20-21H,5-8H2,1-4H3;/q2*-1;+2/b2*11-10-;/t2*13-,14-;/m00./s1. The summed E-state index contributed by atoms with van der Waals surface area (Å²) in [6, 6.07) is 3.79. The van der Waals surface area contributed by atoms with Crippen molar-refractivity contribution in [3.8, 4) is 12.1 Å². The Kier molecular flexibility index (Phi) is 11.9. The van der Waals surface area contributed by atoms with Gasteiger partial charge in [0.05, 0.1) is 58.0 Å². The van der Waals surface area contributed by atoms with Crippen LogP contribution in [0.25, 0.3) is 10.6 Å². The Labute approximate surface area is 267 Å². The van der Waals surface area contributed by atoms with Crippen molar-refractivity contribution in [3.63, 3.8) is 0 Å². The third-order valence-corrected chi connectivity index (χ3v) is 8.50. The van der Waals surface area contributed by atoms with Crippen molar-refractivity contribution in [2.75, 3.05) is 0 Å². The van der Waals surface area contributed by atoms with Crippen LogP contribution in [0.2, 0.25) is 0 Å². The van der Waals surface area contributed by atoms with Crippen molar-refractivity contribution < 1.29 is 37.5 Å². The molecule has 4 N–H and O–H groups in total. The monoisotopic (exact) mass is 643 g/mol. The Bertz CT molecular complexity index is 1130. The Morgan fingerprint density at radius 2 is 0.930 bits per heavy atom. The maximum atomic E-state index is 10.0. The first-order chi connectivity index (χ1) is 19.3. The molecule has 4 aliphatic rings. The van der Waals surface area contributed by atoms with Crippen LogP contribution in [0, 0.1) is 22.7 Å². The minimum atomic E-state index is -0.866. The van der Waals surface area contributed by atoms with E-state index in [-0.39, 0.29) is 41.2 Å². The van der Waals surface area contributed by atoms with Crippen LogP contribution < -0.4 is 0 Å². The number of rotatable bonds is 6. The number of hydrogen-bond acceptors (Lipinski definition) is 8. The zero-order valence-electron chi connectivity index (χ0n) is 26.7. The summed E-state index contributed by atoms with van der Waals surface area (Å²) >= 11 is 0. The first kappa shape index (κ1) is 36.9. The topological polar surface area (TPSA) is 181 Å². The molecular weight excluding hydrogens is 596 g/mol. The molecule has 241 valence electrons. The first-order valence-electron chi connectivity index (χ1n) is 15.0. The van der Waals surface area contributed by atoms with E-state index in [9.17, 15) is 30.9 Å². The van der Waals surface area contributed by atoms with Crippen LogP contribution in [0.4, 0.5) is 0 Å². The molecule has 1 radical (unpaired) electrons. The Morgan fingerprint density at radius 3 is 1.14 bits per heavy atom. The molecule has 4 rings (SSSR count). The van der Waals surface area contributed by atoms with Crippen LogP contribution in [-0.4, -0.2) is 78.4 Å². The molecule has 43 heavy (non-hydrogen) atoms. The molecular formula is C32H48CuN6O4. The van der Waals surface area contributed by atoms with Crippen LogP contribution in [0.15, 0.2) is 32.5 Å². The molecule has 2 saturated heterocycles. The van der Waals surface area contributed by atoms with Crippen LogP contribution in [0.3, 0.4) is 0 Å². The molecule has 0 amide bonds. The largest absolute Gasteiger partial charge is 2.00 e. The SMILES string of the molecule is CC(C)(O)[C@@H]1CCC(/C(C#N)=C2/CC[C@@H](C(C)(C)O)[N-]2)=N1.CC(C)(O)[C@@H]1CCC(/C(C#N)=C2/CC[C@@H](C(C)(C)O)[N-]2)=N1.[Cu+2]. The summed E-state index contributed by atoms with van der Waals surface area (Å²) < 4.78 is 0. The molecule has 4 heterocycles. The average molecular weight is 644 g/mol. The molecule has 0 aromatic heterocycles. The van der Waals surface area contributed by atoms with E-state index < -0.39 is 22.4 Å². The van der Waals surface area contributed by atoms with Gasteiger partial charge < -0.3 is 31.1 Å². The third kappa shape index (κ3) is 9.38. The molecule has 11 heteroatoms. The molecule has 0 aromatic rings. The number of nitrogens with zero attached hydrogens (tertiary/aromatic N) is 6. The van der Waals surface area contributed by atoms with Gasteiger partial charge in [-0.25, -0.2) is 0 Å². The summed E-state index contributed by atoms with van der Waals surface area (Å²) in [5, 5.41) is 68.1. The van der Waals surface area contributed by atoms with E-state index in [1.54, 1.807) is 55.4 Å². The predicted molar refractivity (Wildman–Crippen MR) is 164 cm³/mol. The predicted octanol–water partition coefficient (Wildman–Crippen LogP) is 4.89. The van der Waals surface area contributed by atoms with Crippen molar-refractivity contribution in [2.24, 2.45) is 9.98 Å². The van der Waals surface area contributed by atoms with E-state index in [4.69, 9.17) is 0 Å². The quantitative estimate of drug-likeness (QED) is 0.236. The summed E-state index contributed by atoms with van der Waals surface area (Å²) in [6.07, 6.45) is 5.82. The molecule has 0 saturated carbocycles. The maximum Gasteiger partial charge on any atom is 2.00 e. The van der Waals surface area contributed by atoms with E-state index in [0.717, 1.165) is 48.5 Å². The zero-order chi connectivity index (χ0) is 31.7. The Hall–Kier alpha value is -2.24. The molecule has 0 spiro atoms. The van der Waals surface area contributed by atoms with E-state index >= 15 is 0 Å². The second kappa shape index (κ2) is 13.8. The van der Waals surface area contributed by atoms with Crippen molar-refractivity contribution >= 4 is 11.4 Å². The van der Waals surface area contributed by atoms with E-state index in [2.05, 4.69) is 32.8 Å². The van der Waals surface area contributed by atoms with E-state index in [0.29, 0.717) is 36.8 Å². The first-order valence-corrected chi connectivity index (χ1v) is 15.0. The maximum absolute atomic E-state index is 10.0. The van der Waals surface area contributed by atoms with Gasteiger partial charge >= 0.3 is 17.1 Å². The number of aliphatic imine (C=N–C) groups is 2. The fourth-order valence-corrected chi connectivity index (χ4v) is 5.76.